The standard InChI is InChI=1S/C22H30N2O9Si/c1-34(2,3)14-13-31-21(27)23-19-6-4-5-16(11-12-18(19)20(25)26)32-22(28)33-17-9-7-15(8-10-17)24(29)30/h4-5,7-10,16,18-19H,6,11-14H2,1-3H3,(H,23,27)(H,25,26)/b5-4+/t16-,18-,19-/m0/s1. The predicted octanol–water partition coefficient (Wildman–Crippen LogP) is 4.35. The number of carboxylic acid groups (broad SMARTS) is 1. The van der Waals surface area contributed by atoms with Crippen molar-refractivity contribution in [3.05, 3.63) is 46.5 Å². The zero-order chi connectivity index (χ0) is 25.3. The molecular formula is C22H30N2O9Si. The van der Waals surface area contributed by atoms with E-state index in [-0.39, 0.29) is 37.3 Å². The lowest BCUT2D eigenvalue weighted by molar-refractivity contribution is -0.384. The van der Waals surface area contributed by atoms with E-state index in [0.717, 1.165) is 6.04 Å². The van der Waals surface area contributed by atoms with Gasteiger partial charge in [0.05, 0.1) is 17.4 Å². The maximum Gasteiger partial charge on any atom is 0.514 e. The highest BCUT2D eigenvalue weighted by Crippen LogP contribution is 2.23. The fraction of sp³-hybridized carbons (Fsp3) is 0.500. The molecule has 0 aliphatic heterocycles. The summed E-state index contributed by atoms with van der Waals surface area (Å²) in [6.45, 7) is 6.77. The molecule has 2 rings (SSSR count). The number of carbonyl (C=O) groups is 3. The first-order valence-corrected chi connectivity index (χ1v) is 14.6. The van der Waals surface area contributed by atoms with Crippen LogP contribution in [0.5, 0.6) is 5.75 Å². The van der Waals surface area contributed by atoms with Crippen molar-refractivity contribution in [2.45, 2.75) is 57.1 Å². The van der Waals surface area contributed by atoms with Crippen LogP contribution >= 0.6 is 0 Å². The summed E-state index contributed by atoms with van der Waals surface area (Å²) < 4.78 is 15.5. The molecule has 34 heavy (non-hydrogen) atoms. The summed E-state index contributed by atoms with van der Waals surface area (Å²) in [5, 5.41) is 23.0. The van der Waals surface area contributed by atoms with E-state index in [2.05, 4.69) is 25.0 Å². The molecule has 186 valence electrons. The van der Waals surface area contributed by atoms with E-state index in [4.69, 9.17) is 14.2 Å². The number of ether oxygens (including phenoxy) is 3. The highest BCUT2D eigenvalue weighted by Gasteiger charge is 2.32. The van der Waals surface area contributed by atoms with E-state index < -0.39 is 49.3 Å². The van der Waals surface area contributed by atoms with Crippen LogP contribution in [0, 0.1) is 16.0 Å². The summed E-state index contributed by atoms with van der Waals surface area (Å²) in [6.07, 6.45) is 1.43. The Kier molecular flexibility index (Phi) is 9.60. The summed E-state index contributed by atoms with van der Waals surface area (Å²) in [7, 11) is -1.36. The Balaban J connectivity index is 1.92. The molecule has 12 heteroatoms. The summed E-state index contributed by atoms with van der Waals surface area (Å²) in [4.78, 5) is 46.2. The van der Waals surface area contributed by atoms with Crippen molar-refractivity contribution in [3.63, 3.8) is 0 Å². The van der Waals surface area contributed by atoms with Crippen LogP contribution in [0.15, 0.2) is 36.4 Å². The lowest BCUT2D eigenvalue weighted by Crippen LogP contribution is -2.44. The van der Waals surface area contributed by atoms with Gasteiger partial charge in [-0.05, 0) is 43.5 Å². The van der Waals surface area contributed by atoms with E-state index in [1.807, 2.05) is 0 Å². The number of amides is 1. The monoisotopic (exact) mass is 494 g/mol. The molecular weight excluding hydrogens is 464 g/mol. The number of nitro benzene ring substituents is 1. The fourth-order valence-corrected chi connectivity index (χ4v) is 3.97. The zero-order valence-electron chi connectivity index (χ0n) is 19.4. The molecule has 1 aromatic rings. The van der Waals surface area contributed by atoms with Crippen molar-refractivity contribution in [3.8, 4) is 5.75 Å². The van der Waals surface area contributed by atoms with Gasteiger partial charge in [-0.1, -0.05) is 25.7 Å². The maximum atomic E-state index is 12.1. The normalized spacial score (nSPS) is 21.3. The Morgan fingerprint density at radius 2 is 1.85 bits per heavy atom. The molecule has 0 fully saturated rings. The minimum Gasteiger partial charge on any atom is -0.481 e. The van der Waals surface area contributed by atoms with Crippen molar-refractivity contribution < 1.29 is 38.6 Å². The number of hydrogen-bond acceptors (Lipinski definition) is 8. The second-order valence-corrected chi connectivity index (χ2v) is 14.8. The van der Waals surface area contributed by atoms with E-state index in [1.165, 1.54) is 24.3 Å². The molecule has 0 heterocycles. The number of aliphatic carboxylic acids is 1. The maximum absolute atomic E-state index is 12.1. The molecule has 0 bridgehead atoms. The van der Waals surface area contributed by atoms with Crippen LogP contribution in [0.4, 0.5) is 15.3 Å². The Hall–Kier alpha value is -3.41. The van der Waals surface area contributed by atoms with Gasteiger partial charge < -0.3 is 24.6 Å². The van der Waals surface area contributed by atoms with Gasteiger partial charge in [0.15, 0.2) is 0 Å². The number of carboxylic acids is 1. The molecule has 0 unspecified atom stereocenters. The molecule has 3 atom stereocenters. The van der Waals surface area contributed by atoms with Crippen LogP contribution in [0.1, 0.15) is 19.3 Å². The van der Waals surface area contributed by atoms with Gasteiger partial charge in [-0.15, -0.1) is 0 Å². The molecule has 0 aromatic heterocycles. The van der Waals surface area contributed by atoms with Crippen molar-refractivity contribution in [2.24, 2.45) is 5.92 Å². The van der Waals surface area contributed by atoms with Gasteiger partial charge in [0.1, 0.15) is 11.9 Å². The number of alkyl carbamates (subject to hydrolysis) is 1. The van der Waals surface area contributed by atoms with Crippen molar-refractivity contribution in [1.82, 2.24) is 5.32 Å². The minimum atomic E-state index is -1.36. The van der Waals surface area contributed by atoms with Crippen LogP contribution in [0.3, 0.4) is 0 Å². The SMILES string of the molecule is C[Si](C)(C)CCOC(=O)N[C@H]1C/C=C/[C@H](OC(=O)Oc2ccc([N+](=O)[O-])cc2)CC[C@@H]1C(=O)O. The van der Waals surface area contributed by atoms with Crippen molar-refractivity contribution in [2.75, 3.05) is 6.61 Å². The molecule has 2 N–H and O–H groups in total. The van der Waals surface area contributed by atoms with Gasteiger partial charge in [-0.25, -0.2) is 9.59 Å². The first kappa shape index (κ1) is 26.8. The highest BCUT2D eigenvalue weighted by molar-refractivity contribution is 6.76. The third-order valence-corrected chi connectivity index (χ3v) is 6.89. The number of nitrogens with one attached hydrogen (secondary N) is 1. The molecule has 0 saturated carbocycles. The van der Waals surface area contributed by atoms with Crippen LogP contribution in [0.25, 0.3) is 0 Å². The van der Waals surface area contributed by atoms with E-state index in [0.29, 0.717) is 0 Å². The molecule has 0 saturated heterocycles. The number of carbonyl (C=O) groups excluding carboxylic acids is 2. The Morgan fingerprint density at radius 3 is 2.44 bits per heavy atom. The lowest BCUT2D eigenvalue weighted by atomic mass is 9.88. The summed E-state index contributed by atoms with van der Waals surface area (Å²) in [6, 6.07) is 5.07. The number of benzene rings is 1. The van der Waals surface area contributed by atoms with Crippen molar-refractivity contribution >= 4 is 32.0 Å². The molecule has 11 nitrogen and oxygen atoms in total. The van der Waals surface area contributed by atoms with Crippen LogP contribution in [0.2, 0.25) is 25.7 Å². The predicted molar refractivity (Wildman–Crippen MR) is 125 cm³/mol. The molecule has 1 aliphatic carbocycles. The van der Waals surface area contributed by atoms with E-state index >= 15 is 0 Å². The number of rotatable bonds is 8. The lowest BCUT2D eigenvalue weighted by Gasteiger charge is -2.27. The van der Waals surface area contributed by atoms with Gasteiger partial charge in [0.25, 0.3) is 5.69 Å². The largest absolute Gasteiger partial charge is 0.514 e. The topological polar surface area (TPSA) is 154 Å². The Bertz CT molecular complexity index is 912. The average molecular weight is 495 g/mol. The molecule has 0 radical (unpaired) electrons. The third kappa shape index (κ3) is 9.22. The number of nitrogens with zero attached hydrogens (tertiary/aromatic N) is 1. The number of non-ortho nitro benzene ring substituents is 1. The Morgan fingerprint density at radius 1 is 1.18 bits per heavy atom. The number of hydrogen-bond donors (Lipinski definition) is 2. The third-order valence-electron chi connectivity index (χ3n) is 5.19. The van der Waals surface area contributed by atoms with Crippen LogP contribution in [-0.2, 0) is 14.3 Å². The van der Waals surface area contributed by atoms with Gasteiger partial charge >= 0.3 is 18.2 Å². The zero-order valence-corrected chi connectivity index (χ0v) is 20.4. The second kappa shape index (κ2) is 12.2. The smallest absolute Gasteiger partial charge is 0.481 e. The average Bonchev–Trinajstić information content (AvgIpc) is 2.70. The van der Waals surface area contributed by atoms with Crippen LogP contribution in [-0.4, -0.2) is 55.1 Å². The van der Waals surface area contributed by atoms with E-state index in [1.54, 1.807) is 12.2 Å². The Labute approximate surface area is 198 Å². The summed E-state index contributed by atoms with van der Waals surface area (Å²) >= 11 is 0. The van der Waals surface area contributed by atoms with Crippen LogP contribution < -0.4 is 10.1 Å². The second-order valence-electron chi connectivity index (χ2n) is 9.14. The van der Waals surface area contributed by atoms with Gasteiger partial charge in [0, 0.05) is 26.2 Å². The number of nitro groups is 1. The summed E-state index contributed by atoms with van der Waals surface area (Å²) in [5.41, 5.74) is -0.147. The van der Waals surface area contributed by atoms with Gasteiger partial charge in [-0.2, -0.15) is 0 Å². The summed E-state index contributed by atoms with van der Waals surface area (Å²) in [5.74, 6) is -1.90. The first-order chi connectivity index (χ1) is 15.9. The van der Waals surface area contributed by atoms with Crippen molar-refractivity contribution in [1.29, 1.82) is 0 Å². The fourth-order valence-electron chi connectivity index (χ4n) is 3.26. The molecule has 0 spiro atoms. The molecule has 1 amide bonds. The first-order valence-electron chi connectivity index (χ1n) is 10.9. The molecule has 1 aromatic carbocycles. The highest BCUT2D eigenvalue weighted by atomic mass is 28.3. The van der Waals surface area contributed by atoms with Gasteiger partial charge in [-0.3, -0.25) is 14.9 Å². The van der Waals surface area contributed by atoms with Gasteiger partial charge in [0.2, 0.25) is 0 Å². The quantitative estimate of drug-likeness (QED) is 0.134. The minimum absolute atomic E-state index is 0.0748. The molecule has 1 aliphatic rings. The van der Waals surface area contributed by atoms with E-state index in [9.17, 15) is 29.6 Å².